The highest BCUT2D eigenvalue weighted by atomic mass is 127. The second-order valence-electron chi connectivity index (χ2n) is 2.53. The van der Waals surface area contributed by atoms with Gasteiger partial charge in [-0.3, -0.25) is 10.1 Å². The first-order valence-corrected chi connectivity index (χ1v) is 4.61. The number of alkyl halides is 2. The van der Waals surface area contributed by atoms with E-state index in [0.717, 1.165) is 6.07 Å². The molecule has 1 rings (SSSR count). The maximum Gasteiger partial charge on any atom is 0.299 e. The van der Waals surface area contributed by atoms with Crippen LogP contribution in [0.3, 0.4) is 0 Å². The fourth-order valence-electron chi connectivity index (χ4n) is 1.05. The fourth-order valence-corrected chi connectivity index (χ4v) is 1.75. The largest absolute Gasteiger partial charge is 0.299 e. The van der Waals surface area contributed by atoms with Crippen LogP contribution in [0.4, 0.5) is 14.5 Å². The first-order chi connectivity index (χ1) is 6.43. The van der Waals surface area contributed by atoms with Crippen molar-refractivity contribution in [3.8, 4) is 0 Å². The zero-order valence-corrected chi connectivity index (χ0v) is 9.16. The highest BCUT2D eigenvalue weighted by Gasteiger charge is 2.25. The van der Waals surface area contributed by atoms with Crippen molar-refractivity contribution in [3.63, 3.8) is 0 Å². The molecular formula is C7H5F2IN2O2. The monoisotopic (exact) mass is 314 g/mol. The Morgan fingerprint density at radius 2 is 2.21 bits per heavy atom. The van der Waals surface area contributed by atoms with Crippen molar-refractivity contribution < 1.29 is 13.7 Å². The summed E-state index contributed by atoms with van der Waals surface area (Å²) in [5.41, 5.74) is -1.16. The number of nitro groups is 1. The predicted molar refractivity (Wildman–Crippen MR) is 53.3 cm³/mol. The third-order valence-electron chi connectivity index (χ3n) is 1.58. The van der Waals surface area contributed by atoms with Crippen LogP contribution in [0.25, 0.3) is 0 Å². The number of aryl methyl sites for hydroxylation is 1. The Hall–Kier alpha value is -0.860. The summed E-state index contributed by atoms with van der Waals surface area (Å²) < 4.78 is 25.1. The summed E-state index contributed by atoms with van der Waals surface area (Å²) in [4.78, 5) is 13.4. The van der Waals surface area contributed by atoms with Crippen LogP contribution in [0.15, 0.2) is 6.07 Å². The standard InChI is InChI=1S/C7H5F2IN2O2/c1-3-6(12(13)14)4(7(8)9)2-5(10)11-3/h2,7H,1H3. The molecule has 0 bridgehead atoms. The minimum Gasteiger partial charge on any atom is -0.258 e. The molecule has 0 saturated heterocycles. The van der Waals surface area contributed by atoms with Crippen LogP contribution in [0.1, 0.15) is 17.7 Å². The third-order valence-corrected chi connectivity index (χ3v) is 2.14. The molecule has 1 aromatic rings. The molecule has 1 heterocycles. The van der Waals surface area contributed by atoms with Gasteiger partial charge in [0.1, 0.15) is 9.39 Å². The van der Waals surface area contributed by atoms with Crippen molar-refractivity contribution in [1.29, 1.82) is 0 Å². The molecule has 0 atom stereocenters. The smallest absolute Gasteiger partial charge is 0.258 e. The second-order valence-corrected chi connectivity index (χ2v) is 3.63. The lowest BCUT2D eigenvalue weighted by Crippen LogP contribution is -2.02. The van der Waals surface area contributed by atoms with Gasteiger partial charge in [0.05, 0.1) is 10.5 Å². The van der Waals surface area contributed by atoms with Gasteiger partial charge < -0.3 is 0 Å². The first-order valence-electron chi connectivity index (χ1n) is 3.53. The van der Waals surface area contributed by atoms with Crippen molar-refractivity contribution in [3.05, 3.63) is 31.1 Å². The Labute approximate surface area is 91.6 Å². The highest BCUT2D eigenvalue weighted by molar-refractivity contribution is 14.1. The first kappa shape index (κ1) is 11.2. The third kappa shape index (κ3) is 2.14. The summed E-state index contributed by atoms with van der Waals surface area (Å²) in [6.07, 6.45) is -2.86. The van der Waals surface area contributed by atoms with Crippen LogP contribution in [0.5, 0.6) is 0 Å². The summed E-state index contributed by atoms with van der Waals surface area (Å²) in [5.74, 6) is 0. The molecule has 0 unspecified atom stereocenters. The lowest BCUT2D eigenvalue weighted by atomic mass is 10.2. The van der Waals surface area contributed by atoms with Gasteiger partial charge in [-0.2, -0.15) is 0 Å². The molecule has 0 saturated carbocycles. The molecule has 0 aromatic carbocycles. The Morgan fingerprint density at radius 1 is 1.64 bits per heavy atom. The minimum atomic E-state index is -2.86. The number of hydrogen-bond acceptors (Lipinski definition) is 3. The van der Waals surface area contributed by atoms with Crippen LogP contribution in [-0.2, 0) is 0 Å². The lowest BCUT2D eigenvalue weighted by Gasteiger charge is -2.04. The van der Waals surface area contributed by atoms with Gasteiger partial charge in [-0.05, 0) is 35.6 Å². The minimum absolute atomic E-state index is 0.0113. The summed E-state index contributed by atoms with van der Waals surface area (Å²) in [5, 5.41) is 10.5. The Kier molecular flexibility index (Phi) is 3.29. The highest BCUT2D eigenvalue weighted by Crippen LogP contribution is 2.31. The van der Waals surface area contributed by atoms with Crippen LogP contribution >= 0.6 is 22.6 Å². The van der Waals surface area contributed by atoms with Gasteiger partial charge in [-0.15, -0.1) is 0 Å². The van der Waals surface area contributed by atoms with E-state index in [0.29, 0.717) is 3.70 Å². The van der Waals surface area contributed by atoms with Gasteiger partial charge >= 0.3 is 0 Å². The molecular weight excluding hydrogens is 309 g/mol. The van der Waals surface area contributed by atoms with Crippen LogP contribution in [0, 0.1) is 20.7 Å². The molecule has 1 aromatic heterocycles. The summed E-state index contributed by atoms with van der Waals surface area (Å²) in [6, 6.07) is 1.02. The molecule has 14 heavy (non-hydrogen) atoms. The average molecular weight is 314 g/mol. The zero-order chi connectivity index (χ0) is 10.9. The van der Waals surface area contributed by atoms with Gasteiger partial charge in [0.2, 0.25) is 0 Å². The molecule has 76 valence electrons. The summed E-state index contributed by atoms with van der Waals surface area (Å²) in [7, 11) is 0. The predicted octanol–water partition coefficient (Wildman–Crippen LogP) is 2.84. The van der Waals surface area contributed by atoms with Gasteiger partial charge in [-0.25, -0.2) is 13.8 Å². The lowest BCUT2D eigenvalue weighted by molar-refractivity contribution is -0.387. The van der Waals surface area contributed by atoms with Gasteiger partial charge in [0.25, 0.3) is 12.1 Å². The number of nitrogens with zero attached hydrogens (tertiary/aromatic N) is 2. The molecule has 0 spiro atoms. The molecule has 0 aliphatic heterocycles. The van der Waals surface area contributed by atoms with E-state index in [4.69, 9.17) is 0 Å². The topological polar surface area (TPSA) is 56.0 Å². The van der Waals surface area contributed by atoms with Crippen molar-refractivity contribution in [2.24, 2.45) is 0 Å². The molecule has 0 fully saturated rings. The molecule has 4 nitrogen and oxygen atoms in total. The molecule has 0 N–H and O–H groups in total. The van der Waals surface area contributed by atoms with Crippen molar-refractivity contribution in [2.75, 3.05) is 0 Å². The number of aromatic nitrogens is 1. The number of pyridine rings is 1. The summed E-state index contributed by atoms with van der Waals surface area (Å²) in [6.45, 7) is 1.34. The maximum absolute atomic E-state index is 12.4. The van der Waals surface area contributed by atoms with Crippen LogP contribution in [-0.4, -0.2) is 9.91 Å². The van der Waals surface area contributed by atoms with Crippen molar-refractivity contribution in [2.45, 2.75) is 13.3 Å². The van der Waals surface area contributed by atoms with E-state index in [1.165, 1.54) is 6.92 Å². The molecule has 0 radical (unpaired) electrons. The van der Waals surface area contributed by atoms with E-state index in [2.05, 4.69) is 4.98 Å². The number of hydrogen-bond donors (Lipinski definition) is 0. The normalized spacial score (nSPS) is 10.6. The zero-order valence-electron chi connectivity index (χ0n) is 7.00. The Balaban J connectivity index is 3.44. The van der Waals surface area contributed by atoms with E-state index in [1.807, 2.05) is 0 Å². The maximum atomic E-state index is 12.4. The van der Waals surface area contributed by atoms with Gasteiger partial charge in [0, 0.05) is 0 Å². The Bertz CT molecular complexity index is 384. The fraction of sp³-hybridized carbons (Fsp3) is 0.286. The SMILES string of the molecule is Cc1nc(I)cc(C(F)F)c1[N+](=O)[O-]. The van der Waals surface area contributed by atoms with E-state index in [-0.39, 0.29) is 5.69 Å². The summed E-state index contributed by atoms with van der Waals surface area (Å²) >= 11 is 1.74. The van der Waals surface area contributed by atoms with E-state index >= 15 is 0 Å². The Morgan fingerprint density at radius 3 is 2.64 bits per heavy atom. The molecule has 0 aliphatic carbocycles. The van der Waals surface area contributed by atoms with Crippen molar-refractivity contribution in [1.82, 2.24) is 4.98 Å². The number of rotatable bonds is 2. The van der Waals surface area contributed by atoms with Gasteiger partial charge in [0.15, 0.2) is 0 Å². The molecule has 7 heteroatoms. The van der Waals surface area contributed by atoms with E-state index in [9.17, 15) is 18.9 Å². The van der Waals surface area contributed by atoms with E-state index in [1.54, 1.807) is 22.6 Å². The van der Waals surface area contributed by atoms with E-state index < -0.39 is 22.6 Å². The quantitative estimate of drug-likeness (QED) is 0.365. The molecule has 0 amide bonds. The van der Waals surface area contributed by atoms with Crippen LogP contribution in [0.2, 0.25) is 0 Å². The van der Waals surface area contributed by atoms with Crippen LogP contribution < -0.4 is 0 Å². The van der Waals surface area contributed by atoms with Gasteiger partial charge in [-0.1, -0.05) is 0 Å². The second kappa shape index (κ2) is 4.11. The average Bonchev–Trinajstić information content (AvgIpc) is 2.01. The molecule has 0 aliphatic rings. The number of halogens is 3. The van der Waals surface area contributed by atoms with Crippen molar-refractivity contribution >= 4 is 28.3 Å².